The van der Waals surface area contributed by atoms with Gasteiger partial charge in [0.25, 0.3) is 0 Å². The average molecular weight is 553 g/mol. The van der Waals surface area contributed by atoms with E-state index in [1.165, 1.54) is 0 Å². The normalized spacial score (nSPS) is 12.0. The molecule has 4 nitrogen and oxygen atoms in total. The monoisotopic (exact) mass is 552 g/mol. The lowest BCUT2D eigenvalue weighted by atomic mass is 9.86. The molecule has 206 valence electrons. The van der Waals surface area contributed by atoms with Crippen molar-refractivity contribution in [1.29, 1.82) is 0 Å². The van der Waals surface area contributed by atoms with Crippen molar-refractivity contribution in [2.24, 2.45) is 11.3 Å². The highest BCUT2D eigenvalue weighted by molar-refractivity contribution is 6.30. The molecule has 3 aromatic carbocycles. The van der Waals surface area contributed by atoms with Crippen molar-refractivity contribution in [2.45, 2.75) is 60.6 Å². The van der Waals surface area contributed by atoms with Crippen LogP contribution in [0.25, 0.3) is 21.8 Å². The van der Waals surface area contributed by atoms with Crippen molar-refractivity contribution in [2.75, 3.05) is 0 Å². The van der Waals surface area contributed by atoms with E-state index in [2.05, 4.69) is 69.5 Å². The summed E-state index contributed by atoms with van der Waals surface area (Å²) in [7, 11) is 0. The van der Waals surface area contributed by atoms with Gasteiger partial charge in [0.05, 0.1) is 11.2 Å². The number of para-hydroxylation sites is 1. The van der Waals surface area contributed by atoms with Gasteiger partial charge in [-0.2, -0.15) is 0 Å². The molecule has 0 amide bonds. The number of nitrogens with zero attached hydrogens (tertiary/aromatic N) is 2. The third-order valence-electron chi connectivity index (χ3n) is 7.01. The third kappa shape index (κ3) is 6.39. The van der Waals surface area contributed by atoms with Crippen LogP contribution >= 0.6 is 11.6 Å². The molecule has 0 atom stereocenters. The Hall–Kier alpha value is -3.63. The van der Waals surface area contributed by atoms with Crippen LogP contribution in [0.3, 0.4) is 0 Å². The number of carbonyl (C=O) groups excluding carboxylic acids is 1. The first kappa shape index (κ1) is 27.9. The molecule has 5 aromatic rings. The number of ketones is 1. The van der Waals surface area contributed by atoms with E-state index in [-0.39, 0.29) is 11.2 Å². The molecule has 0 N–H and O–H groups in total. The van der Waals surface area contributed by atoms with Crippen LogP contribution in [0.2, 0.25) is 5.02 Å². The number of hydrogen-bond donors (Lipinski definition) is 0. The maximum absolute atomic E-state index is 13.9. The molecule has 0 spiro atoms. The zero-order chi connectivity index (χ0) is 28.4. The van der Waals surface area contributed by atoms with E-state index in [1.54, 1.807) is 0 Å². The number of fused-ring (bicyclic) bond motifs is 2. The van der Waals surface area contributed by atoms with Gasteiger partial charge in [0.2, 0.25) is 0 Å². The fourth-order valence-corrected chi connectivity index (χ4v) is 5.38. The summed E-state index contributed by atoms with van der Waals surface area (Å²) in [6, 6.07) is 26.2. The molecule has 0 aliphatic rings. The Kier molecular flexibility index (Phi) is 8.00. The number of benzene rings is 3. The lowest BCUT2D eigenvalue weighted by Gasteiger charge is -2.18. The van der Waals surface area contributed by atoms with Crippen molar-refractivity contribution >= 4 is 39.2 Å². The molecule has 40 heavy (non-hydrogen) atoms. The molecule has 0 bridgehead atoms. The van der Waals surface area contributed by atoms with E-state index in [9.17, 15) is 4.79 Å². The zero-order valence-corrected chi connectivity index (χ0v) is 24.8. The zero-order valence-electron chi connectivity index (χ0n) is 24.0. The van der Waals surface area contributed by atoms with Crippen LogP contribution in [0.15, 0.2) is 78.9 Å². The second kappa shape index (κ2) is 11.5. The summed E-state index contributed by atoms with van der Waals surface area (Å²) >= 11 is 6.17. The van der Waals surface area contributed by atoms with Gasteiger partial charge in [-0.15, -0.1) is 0 Å². The Balaban J connectivity index is 1.57. The second-order valence-corrected chi connectivity index (χ2v) is 12.7. The number of ether oxygens (including phenoxy) is 1. The molecule has 0 aliphatic heterocycles. The van der Waals surface area contributed by atoms with Gasteiger partial charge in [-0.25, -0.2) is 4.98 Å². The Morgan fingerprint density at radius 3 is 2.45 bits per heavy atom. The summed E-state index contributed by atoms with van der Waals surface area (Å²) < 4.78 is 8.56. The standard InChI is InChI=1S/C35H37ClN2O2/c1-23(2)18-32-34(33(39)20-35(3,4)5)29-19-28(40-22-27-15-12-25-8-6-7-9-30(25)37-27)16-17-31(29)38(32)21-24-10-13-26(36)14-11-24/h6-17,19,23H,18,20-22H2,1-5H3. The summed E-state index contributed by atoms with van der Waals surface area (Å²) in [5.74, 6) is 1.30. The molecule has 0 radical (unpaired) electrons. The summed E-state index contributed by atoms with van der Waals surface area (Å²) in [6.45, 7) is 11.8. The van der Waals surface area contributed by atoms with E-state index in [1.807, 2.05) is 48.5 Å². The molecular weight excluding hydrogens is 516 g/mol. The first-order valence-corrected chi connectivity index (χ1v) is 14.4. The van der Waals surface area contributed by atoms with Gasteiger partial charge < -0.3 is 9.30 Å². The minimum Gasteiger partial charge on any atom is -0.487 e. The predicted octanol–water partition coefficient (Wildman–Crippen LogP) is 9.29. The molecule has 5 rings (SSSR count). The van der Waals surface area contributed by atoms with E-state index < -0.39 is 0 Å². The molecule has 0 aliphatic carbocycles. The maximum atomic E-state index is 13.9. The second-order valence-electron chi connectivity index (χ2n) is 12.3. The number of hydrogen-bond acceptors (Lipinski definition) is 3. The molecule has 0 fully saturated rings. The van der Waals surface area contributed by atoms with Crippen LogP contribution < -0.4 is 4.74 Å². The maximum Gasteiger partial charge on any atom is 0.165 e. The highest BCUT2D eigenvalue weighted by atomic mass is 35.5. The smallest absolute Gasteiger partial charge is 0.165 e. The predicted molar refractivity (Wildman–Crippen MR) is 166 cm³/mol. The molecule has 0 unspecified atom stereocenters. The van der Waals surface area contributed by atoms with Gasteiger partial charge in [0, 0.05) is 45.5 Å². The van der Waals surface area contributed by atoms with E-state index in [0.29, 0.717) is 30.5 Å². The SMILES string of the molecule is CC(C)Cc1c(C(=O)CC(C)(C)C)c2cc(OCc3ccc4ccccc4n3)ccc2n1Cc1ccc(Cl)cc1. The lowest BCUT2D eigenvalue weighted by molar-refractivity contribution is 0.0940. The van der Waals surface area contributed by atoms with Crippen LogP contribution in [0, 0.1) is 11.3 Å². The van der Waals surface area contributed by atoms with E-state index in [4.69, 9.17) is 21.3 Å². The fourth-order valence-electron chi connectivity index (χ4n) is 5.26. The Morgan fingerprint density at radius 1 is 0.975 bits per heavy atom. The van der Waals surface area contributed by atoms with Gasteiger partial charge in [-0.1, -0.05) is 82.6 Å². The van der Waals surface area contributed by atoms with Crippen molar-refractivity contribution in [1.82, 2.24) is 9.55 Å². The number of pyridine rings is 1. The van der Waals surface area contributed by atoms with Crippen LogP contribution in [-0.2, 0) is 19.6 Å². The highest BCUT2D eigenvalue weighted by Crippen LogP contribution is 2.35. The summed E-state index contributed by atoms with van der Waals surface area (Å²) in [4.78, 5) is 18.7. The minimum atomic E-state index is -0.118. The summed E-state index contributed by atoms with van der Waals surface area (Å²) in [6.07, 6.45) is 1.29. The Labute approximate surface area is 242 Å². The van der Waals surface area contributed by atoms with Crippen molar-refractivity contribution in [3.8, 4) is 5.75 Å². The van der Waals surface area contributed by atoms with Crippen LogP contribution in [0.1, 0.15) is 68.3 Å². The van der Waals surface area contributed by atoms with Crippen LogP contribution in [0.5, 0.6) is 5.75 Å². The molecule has 2 heterocycles. The van der Waals surface area contributed by atoms with Gasteiger partial charge in [-0.3, -0.25) is 4.79 Å². The minimum absolute atomic E-state index is 0.118. The molecular formula is C35H37ClN2O2. The summed E-state index contributed by atoms with van der Waals surface area (Å²) in [5.41, 5.74) is 5.79. The number of halogens is 1. The number of rotatable bonds is 9. The average Bonchev–Trinajstić information content (AvgIpc) is 3.19. The molecule has 0 saturated heterocycles. The van der Waals surface area contributed by atoms with E-state index >= 15 is 0 Å². The largest absolute Gasteiger partial charge is 0.487 e. The van der Waals surface area contributed by atoms with Gasteiger partial charge in [-0.05, 0) is 65.8 Å². The highest BCUT2D eigenvalue weighted by Gasteiger charge is 2.27. The first-order valence-electron chi connectivity index (χ1n) is 14.0. The van der Waals surface area contributed by atoms with Crippen molar-refractivity contribution in [3.05, 3.63) is 106 Å². The molecule has 0 saturated carbocycles. The third-order valence-corrected chi connectivity index (χ3v) is 7.26. The molecule has 2 aromatic heterocycles. The van der Waals surface area contributed by atoms with Crippen molar-refractivity contribution < 1.29 is 9.53 Å². The number of aromatic nitrogens is 2. The van der Waals surface area contributed by atoms with Gasteiger partial charge in [0.1, 0.15) is 12.4 Å². The van der Waals surface area contributed by atoms with Gasteiger partial charge >= 0.3 is 0 Å². The number of carbonyl (C=O) groups is 1. The summed E-state index contributed by atoms with van der Waals surface area (Å²) in [5, 5.41) is 2.77. The van der Waals surface area contributed by atoms with E-state index in [0.717, 1.165) is 56.5 Å². The lowest BCUT2D eigenvalue weighted by Crippen LogP contribution is -2.16. The fraction of sp³-hybridized carbons (Fsp3) is 0.314. The number of Topliss-reactive ketones (excluding diaryl/α,β-unsaturated/α-hetero) is 1. The van der Waals surface area contributed by atoms with Crippen LogP contribution in [-0.4, -0.2) is 15.3 Å². The first-order chi connectivity index (χ1) is 19.1. The van der Waals surface area contributed by atoms with Crippen LogP contribution in [0.4, 0.5) is 0 Å². The van der Waals surface area contributed by atoms with Crippen molar-refractivity contribution in [3.63, 3.8) is 0 Å². The Bertz CT molecular complexity index is 1660. The topological polar surface area (TPSA) is 44.1 Å². The molecule has 5 heteroatoms. The Morgan fingerprint density at radius 2 is 1.73 bits per heavy atom. The van der Waals surface area contributed by atoms with Gasteiger partial charge in [0.15, 0.2) is 5.78 Å². The quantitative estimate of drug-likeness (QED) is 0.171.